The normalized spacial score (nSPS) is 22.2. The van der Waals surface area contributed by atoms with Gasteiger partial charge in [-0.15, -0.1) is 5.10 Å². The zero-order valence-electron chi connectivity index (χ0n) is 10.4. The molecule has 2 rings (SSSR count). The quantitative estimate of drug-likeness (QED) is 0.795. The molecule has 1 aromatic rings. The van der Waals surface area contributed by atoms with E-state index < -0.39 is 0 Å². The molecule has 0 aromatic carbocycles. The van der Waals surface area contributed by atoms with Crippen molar-refractivity contribution in [1.29, 1.82) is 0 Å². The number of aliphatic hydroxyl groups is 1. The molecule has 1 aliphatic rings. The second-order valence-corrected chi connectivity index (χ2v) is 4.67. The van der Waals surface area contributed by atoms with Crippen molar-refractivity contribution in [2.45, 2.75) is 39.1 Å². The van der Waals surface area contributed by atoms with E-state index >= 15 is 0 Å². The third kappa shape index (κ3) is 3.24. The topological polar surface area (TPSA) is 63.4 Å². The number of hydrogen-bond acceptors (Lipinski definition) is 5. The molecule has 0 aliphatic carbocycles. The average molecular weight is 240 g/mol. The molecule has 6 nitrogen and oxygen atoms in total. The summed E-state index contributed by atoms with van der Waals surface area (Å²) in [6.07, 6.45) is 1.91. The van der Waals surface area contributed by atoms with Crippen molar-refractivity contribution < 1.29 is 9.84 Å². The lowest BCUT2D eigenvalue weighted by atomic mass is 10.2. The third-order valence-electron chi connectivity index (χ3n) is 3.04. The molecule has 1 fully saturated rings. The van der Waals surface area contributed by atoms with Crippen LogP contribution in [0.3, 0.4) is 0 Å². The summed E-state index contributed by atoms with van der Waals surface area (Å²) in [7, 11) is 0. The molecule has 17 heavy (non-hydrogen) atoms. The summed E-state index contributed by atoms with van der Waals surface area (Å²) in [6.45, 7) is 7.70. The summed E-state index contributed by atoms with van der Waals surface area (Å²) >= 11 is 0. The highest BCUT2D eigenvalue weighted by Crippen LogP contribution is 2.10. The van der Waals surface area contributed by atoms with E-state index in [0.717, 1.165) is 19.7 Å². The van der Waals surface area contributed by atoms with Crippen LogP contribution >= 0.6 is 0 Å². The summed E-state index contributed by atoms with van der Waals surface area (Å²) in [5.74, 6) is 0. The van der Waals surface area contributed by atoms with Gasteiger partial charge in [0.15, 0.2) is 0 Å². The van der Waals surface area contributed by atoms with Crippen molar-refractivity contribution in [3.63, 3.8) is 0 Å². The minimum Gasteiger partial charge on any atom is -0.390 e. The molecular formula is C11H20N4O2. The van der Waals surface area contributed by atoms with Crippen LogP contribution in [0.15, 0.2) is 6.20 Å². The average Bonchev–Trinajstić information content (AvgIpc) is 2.77. The Balaban J connectivity index is 1.90. The maximum atomic E-state index is 8.92. The minimum absolute atomic E-state index is 0.0658. The highest BCUT2D eigenvalue weighted by Gasteiger charge is 2.22. The Morgan fingerprint density at radius 1 is 1.59 bits per heavy atom. The van der Waals surface area contributed by atoms with Gasteiger partial charge in [0.25, 0.3) is 0 Å². The molecule has 1 aromatic heterocycles. The second kappa shape index (κ2) is 5.57. The lowest BCUT2D eigenvalue weighted by Crippen LogP contribution is -2.47. The van der Waals surface area contributed by atoms with Gasteiger partial charge in [0.05, 0.1) is 32.1 Å². The van der Waals surface area contributed by atoms with Gasteiger partial charge in [0.2, 0.25) is 0 Å². The van der Waals surface area contributed by atoms with Crippen LogP contribution in [-0.2, 0) is 17.9 Å². The van der Waals surface area contributed by atoms with Gasteiger partial charge in [0, 0.05) is 19.1 Å². The van der Waals surface area contributed by atoms with E-state index in [2.05, 4.69) is 29.1 Å². The molecule has 0 spiro atoms. The summed E-state index contributed by atoms with van der Waals surface area (Å²) in [5.41, 5.74) is 0.599. The largest absolute Gasteiger partial charge is 0.390 e. The molecule has 0 bridgehead atoms. The molecule has 0 saturated carbocycles. The molecule has 0 radical (unpaired) electrons. The Morgan fingerprint density at radius 2 is 2.41 bits per heavy atom. The Hall–Kier alpha value is -0.980. The standard InChI is InChI=1S/C11H20N4O2/c1-9(2)14-3-4-17-11(6-14)7-15-5-10(8-16)12-13-15/h5,9,11,16H,3-4,6-8H2,1-2H3. The highest BCUT2D eigenvalue weighted by atomic mass is 16.5. The fourth-order valence-corrected chi connectivity index (χ4v) is 2.03. The number of morpholine rings is 1. The molecule has 96 valence electrons. The summed E-state index contributed by atoms with van der Waals surface area (Å²) in [4.78, 5) is 2.40. The Bertz CT molecular complexity index is 353. The first-order valence-corrected chi connectivity index (χ1v) is 6.04. The fourth-order valence-electron chi connectivity index (χ4n) is 2.03. The van der Waals surface area contributed by atoms with Gasteiger partial charge in [-0.3, -0.25) is 4.90 Å². The van der Waals surface area contributed by atoms with Crippen LogP contribution in [0.2, 0.25) is 0 Å². The van der Waals surface area contributed by atoms with E-state index in [0.29, 0.717) is 18.3 Å². The SMILES string of the molecule is CC(C)N1CCOC(Cn2cc(CO)nn2)C1. The third-order valence-corrected chi connectivity index (χ3v) is 3.04. The van der Waals surface area contributed by atoms with E-state index in [1.165, 1.54) is 0 Å². The number of nitrogens with zero attached hydrogens (tertiary/aromatic N) is 4. The van der Waals surface area contributed by atoms with Crippen LogP contribution in [0.5, 0.6) is 0 Å². The number of hydrogen-bond donors (Lipinski definition) is 1. The van der Waals surface area contributed by atoms with Crippen molar-refractivity contribution in [1.82, 2.24) is 19.9 Å². The Morgan fingerprint density at radius 3 is 3.06 bits per heavy atom. The molecule has 0 amide bonds. The molecule has 1 unspecified atom stereocenters. The number of rotatable bonds is 4. The minimum atomic E-state index is -0.0658. The highest BCUT2D eigenvalue weighted by molar-refractivity contribution is 4.89. The lowest BCUT2D eigenvalue weighted by Gasteiger charge is -2.35. The van der Waals surface area contributed by atoms with Gasteiger partial charge in [-0.2, -0.15) is 0 Å². The van der Waals surface area contributed by atoms with Crippen LogP contribution in [-0.4, -0.2) is 56.8 Å². The maximum Gasteiger partial charge on any atom is 0.108 e. The monoisotopic (exact) mass is 240 g/mol. The van der Waals surface area contributed by atoms with Crippen LogP contribution in [0, 0.1) is 0 Å². The van der Waals surface area contributed by atoms with E-state index in [-0.39, 0.29) is 12.7 Å². The van der Waals surface area contributed by atoms with Crippen molar-refractivity contribution >= 4 is 0 Å². The first-order valence-electron chi connectivity index (χ1n) is 6.04. The molecule has 1 aliphatic heterocycles. The first-order chi connectivity index (χ1) is 8.19. The second-order valence-electron chi connectivity index (χ2n) is 4.67. The van der Waals surface area contributed by atoms with Gasteiger partial charge in [-0.25, -0.2) is 4.68 Å². The van der Waals surface area contributed by atoms with Crippen LogP contribution in [0.4, 0.5) is 0 Å². The fraction of sp³-hybridized carbons (Fsp3) is 0.818. The van der Waals surface area contributed by atoms with Crippen molar-refractivity contribution in [2.24, 2.45) is 0 Å². The predicted molar refractivity (Wildman–Crippen MR) is 62.4 cm³/mol. The summed E-state index contributed by atoms with van der Waals surface area (Å²) in [6, 6.07) is 0.546. The van der Waals surface area contributed by atoms with Crippen molar-refractivity contribution in [3.8, 4) is 0 Å². The molecular weight excluding hydrogens is 220 g/mol. The number of aromatic nitrogens is 3. The van der Waals surface area contributed by atoms with Gasteiger partial charge >= 0.3 is 0 Å². The first kappa shape index (κ1) is 12.5. The lowest BCUT2D eigenvalue weighted by molar-refractivity contribution is -0.0471. The van der Waals surface area contributed by atoms with E-state index in [9.17, 15) is 0 Å². The zero-order valence-corrected chi connectivity index (χ0v) is 10.4. The zero-order chi connectivity index (χ0) is 12.3. The van der Waals surface area contributed by atoms with Gasteiger partial charge in [0.1, 0.15) is 5.69 Å². The summed E-state index contributed by atoms with van der Waals surface area (Å²) < 4.78 is 7.45. The maximum absolute atomic E-state index is 8.92. The molecule has 1 atom stereocenters. The Labute approximate surface area is 101 Å². The molecule has 1 saturated heterocycles. The van der Waals surface area contributed by atoms with Crippen LogP contribution in [0.25, 0.3) is 0 Å². The van der Waals surface area contributed by atoms with Crippen LogP contribution < -0.4 is 0 Å². The van der Waals surface area contributed by atoms with Crippen LogP contribution in [0.1, 0.15) is 19.5 Å². The van der Waals surface area contributed by atoms with E-state index in [1.807, 2.05) is 0 Å². The number of aliphatic hydroxyl groups excluding tert-OH is 1. The van der Waals surface area contributed by atoms with Crippen molar-refractivity contribution in [2.75, 3.05) is 19.7 Å². The predicted octanol–water partition coefficient (Wildman–Crippen LogP) is -0.120. The van der Waals surface area contributed by atoms with E-state index in [1.54, 1.807) is 10.9 Å². The van der Waals surface area contributed by atoms with E-state index in [4.69, 9.17) is 9.84 Å². The molecule has 2 heterocycles. The van der Waals surface area contributed by atoms with Gasteiger partial charge in [-0.05, 0) is 13.8 Å². The Kier molecular flexibility index (Phi) is 4.09. The molecule has 6 heteroatoms. The van der Waals surface area contributed by atoms with Gasteiger partial charge in [-0.1, -0.05) is 5.21 Å². The van der Waals surface area contributed by atoms with Crippen molar-refractivity contribution in [3.05, 3.63) is 11.9 Å². The number of ether oxygens (including phenoxy) is 1. The smallest absolute Gasteiger partial charge is 0.108 e. The summed E-state index contributed by atoms with van der Waals surface area (Å²) in [5, 5.41) is 16.7. The molecule has 1 N–H and O–H groups in total. The van der Waals surface area contributed by atoms with Gasteiger partial charge < -0.3 is 9.84 Å².